The average Bonchev–Trinajstić information content (AvgIpc) is 2.38. The standard InChI is InChI=1S/C18H24O2S/c1-4-5-15(12-18(19)20)11-17(21)16-8-6-14(7-9-16)10-13(2)3/h6-9,11-13,21H,4-5,10H2,1-3H3,(H,19,20)/b15-12+,17-11-. The number of allylic oxidation sites excluding steroid dienone is 2. The van der Waals surface area contributed by atoms with Gasteiger partial charge < -0.3 is 5.11 Å². The van der Waals surface area contributed by atoms with Crippen molar-refractivity contribution in [2.24, 2.45) is 5.92 Å². The van der Waals surface area contributed by atoms with Crippen molar-refractivity contribution in [3.8, 4) is 0 Å². The summed E-state index contributed by atoms with van der Waals surface area (Å²) in [6.45, 7) is 6.43. The van der Waals surface area contributed by atoms with Gasteiger partial charge in [0.25, 0.3) is 0 Å². The number of aliphatic carboxylic acids is 1. The number of rotatable bonds is 7. The van der Waals surface area contributed by atoms with Crippen molar-refractivity contribution in [2.45, 2.75) is 40.0 Å². The van der Waals surface area contributed by atoms with E-state index in [2.05, 4.69) is 38.6 Å². The lowest BCUT2D eigenvalue weighted by Crippen LogP contribution is -1.94. The van der Waals surface area contributed by atoms with E-state index < -0.39 is 5.97 Å². The largest absolute Gasteiger partial charge is 0.478 e. The second-order valence-electron chi connectivity index (χ2n) is 5.63. The molecule has 1 aromatic rings. The van der Waals surface area contributed by atoms with E-state index >= 15 is 0 Å². The summed E-state index contributed by atoms with van der Waals surface area (Å²) in [5, 5.41) is 8.88. The van der Waals surface area contributed by atoms with Crippen LogP contribution in [0.5, 0.6) is 0 Å². The number of thiol groups is 1. The molecule has 0 amide bonds. The minimum atomic E-state index is -0.914. The van der Waals surface area contributed by atoms with Gasteiger partial charge in [0.15, 0.2) is 0 Å². The molecule has 0 saturated carbocycles. The van der Waals surface area contributed by atoms with Crippen molar-refractivity contribution >= 4 is 23.5 Å². The maximum absolute atomic E-state index is 10.8. The van der Waals surface area contributed by atoms with Crippen LogP contribution in [0.2, 0.25) is 0 Å². The molecule has 2 nitrogen and oxygen atoms in total. The van der Waals surface area contributed by atoms with E-state index in [1.54, 1.807) is 0 Å². The first-order valence-electron chi connectivity index (χ1n) is 7.35. The van der Waals surface area contributed by atoms with Crippen LogP contribution >= 0.6 is 12.6 Å². The average molecular weight is 304 g/mol. The Morgan fingerprint density at radius 2 is 1.86 bits per heavy atom. The predicted octanol–water partition coefficient (Wildman–Crippen LogP) is 4.97. The molecule has 0 heterocycles. The highest BCUT2D eigenvalue weighted by Gasteiger charge is 2.03. The normalized spacial score (nSPS) is 12.8. The summed E-state index contributed by atoms with van der Waals surface area (Å²) in [5.74, 6) is -0.278. The molecule has 1 rings (SSSR count). The SMILES string of the molecule is CCCC(/C=C(\S)c1ccc(CC(C)C)cc1)=C\C(=O)O. The van der Waals surface area contributed by atoms with Crippen molar-refractivity contribution in [1.82, 2.24) is 0 Å². The zero-order valence-corrected chi connectivity index (χ0v) is 13.9. The third-order valence-electron chi connectivity index (χ3n) is 3.06. The van der Waals surface area contributed by atoms with Gasteiger partial charge in [-0.2, -0.15) is 0 Å². The third-order valence-corrected chi connectivity index (χ3v) is 3.45. The van der Waals surface area contributed by atoms with E-state index in [9.17, 15) is 4.79 Å². The molecule has 0 radical (unpaired) electrons. The second kappa shape index (κ2) is 8.73. The minimum Gasteiger partial charge on any atom is -0.478 e. The van der Waals surface area contributed by atoms with Crippen LogP contribution in [0.3, 0.4) is 0 Å². The molecule has 114 valence electrons. The van der Waals surface area contributed by atoms with Crippen LogP contribution in [0.1, 0.15) is 44.7 Å². The zero-order chi connectivity index (χ0) is 15.8. The molecule has 0 unspecified atom stereocenters. The van der Waals surface area contributed by atoms with E-state index in [1.807, 2.05) is 25.1 Å². The van der Waals surface area contributed by atoms with Crippen molar-refractivity contribution < 1.29 is 9.90 Å². The van der Waals surface area contributed by atoms with Gasteiger partial charge in [-0.15, -0.1) is 12.6 Å². The van der Waals surface area contributed by atoms with Gasteiger partial charge in [0.1, 0.15) is 0 Å². The first-order chi connectivity index (χ1) is 9.92. The van der Waals surface area contributed by atoms with E-state index in [1.165, 1.54) is 11.6 Å². The summed E-state index contributed by atoms with van der Waals surface area (Å²) in [7, 11) is 0. The lowest BCUT2D eigenvalue weighted by molar-refractivity contribution is -0.131. The van der Waals surface area contributed by atoms with Crippen LogP contribution in [0.15, 0.2) is 42.0 Å². The van der Waals surface area contributed by atoms with Gasteiger partial charge in [-0.1, -0.05) is 51.5 Å². The lowest BCUT2D eigenvalue weighted by atomic mass is 10.0. The summed E-state index contributed by atoms with van der Waals surface area (Å²) in [6, 6.07) is 8.31. The monoisotopic (exact) mass is 304 g/mol. The second-order valence-corrected chi connectivity index (χ2v) is 6.11. The Hall–Kier alpha value is -1.48. The van der Waals surface area contributed by atoms with Gasteiger partial charge in [-0.3, -0.25) is 0 Å². The fraction of sp³-hybridized carbons (Fsp3) is 0.389. The topological polar surface area (TPSA) is 37.3 Å². The smallest absolute Gasteiger partial charge is 0.328 e. The van der Waals surface area contributed by atoms with Gasteiger partial charge in [0.05, 0.1) is 0 Å². The first kappa shape index (κ1) is 17.6. The summed E-state index contributed by atoms with van der Waals surface area (Å²) in [6.07, 6.45) is 5.81. The molecule has 0 aromatic heterocycles. The van der Waals surface area contributed by atoms with E-state index in [-0.39, 0.29) is 0 Å². The molecule has 0 fully saturated rings. The molecule has 1 aromatic carbocycles. The molecule has 0 saturated heterocycles. The first-order valence-corrected chi connectivity index (χ1v) is 7.80. The van der Waals surface area contributed by atoms with Crippen molar-refractivity contribution in [2.75, 3.05) is 0 Å². The number of carboxylic acids is 1. The molecule has 0 aliphatic heterocycles. The number of hydrogen-bond acceptors (Lipinski definition) is 2. The Bertz CT molecular complexity index is 525. The highest BCUT2D eigenvalue weighted by Crippen LogP contribution is 2.23. The Labute approximate surface area is 133 Å². The Kier molecular flexibility index (Phi) is 7.30. The Morgan fingerprint density at radius 3 is 2.33 bits per heavy atom. The molecule has 21 heavy (non-hydrogen) atoms. The molecule has 0 aliphatic carbocycles. The Balaban J connectivity index is 2.92. The van der Waals surface area contributed by atoms with Crippen molar-refractivity contribution in [1.29, 1.82) is 0 Å². The summed E-state index contributed by atoms with van der Waals surface area (Å²) in [4.78, 5) is 11.6. The van der Waals surface area contributed by atoms with Crippen molar-refractivity contribution in [3.63, 3.8) is 0 Å². The van der Waals surface area contributed by atoms with Gasteiger partial charge in [-0.25, -0.2) is 4.79 Å². The zero-order valence-electron chi connectivity index (χ0n) is 13.0. The molecular weight excluding hydrogens is 280 g/mol. The third kappa shape index (κ3) is 6.67. The minimum absolute atomic E-state index is 0.636. The summed E-state index contributed by atoms with van der Waals surface area (Å²) in [5.41, 5.74) is 3.12. The maximum Gasteiger partial charge on any atom is 0.328 e. The van der Waals surface area contributed by atoms with Crippen LogP contribution in [0.25, 0.3) is 4.91 Å². The van der Waals surface area contributed by atoms with E-state index in [4.69, 9.17) is 5.11 Å². The van der Waals surface area contributed by atoms with Crippen molar-refractivity contribution in [3.05, 3.63) is 53.1 Å². The van der Waals surface area contributed by atoms with Gasteiger partial charge in [0.2, 0.25) is 0 Å². The molecule has 0 bridgehead atoms. The van der Waals surface area contributed by atoms with Crippen LogP contribution in [0, 0.1) is 5.92 Å². The fourth-order valence-corrected chi connectivity index (χ4v) is 2.49. The molecular formula is C18H24O2S. The molecule has 0 spiro atoms. The highest BCUT2D eigenvalue weighted by atomic mass is 32.1. The number of benzene rings is 1. The maximum atomic E-state index is 10.8. The quantitative estimate of drug-likeness (QED) is 0.424. The van der Waals surface area contributed by atoms with E-state index in [0.717, 1.165) is 35.3 Å². The van der Waals surface area contributed by atoms with Gasteiger partial charge in [-0.05, 0) is 41.5 Å². The van der Waals surface area contributed by atoms with E-state index in [0.29, 0.717) is 5.92 Å². The highest BCUT2D eigenvalue weighted by molar-refractivity contribution is 7.90. The number of carbonyl (C=O) groups is 1. The van der Waals surface area contributed by atoms with Gasteiger partial charge in [0, 0.05) is 11.0 Å². The van der Waals surface area contributed by atoms with Gasteiger partial charge >= 0.3 is 5.97 Å². The fourth-order valence-electron chi connectivity index (χ4n) is 2.18. The predicted molar refractivity (Wildman–Crippen MR) is 92.6 cm³/mol. The molecule has 1 N–H and O–H groups in total. The molecule has 0 aliphatic rings. The number of hydrogen-bond donors (Lipinski definition) is 2. The van der Waals surface area contributed by atoms with Crippen LogP contribution in [-0.2, 0) is 11.2 Å². The van der Waals surface area contributed by atoms with Crippen LogP contribution in [-0.4, -0.2) is 11.1 Å². The molecule has 3 heteroatoms. The van der Waals surface area contributed by atoms with Crippen LogP contribution < -0.4 is 0 Å². The molecule has 0 atom stereocenters. The summed E-state index contributed by atoms with van der Waals surface area (Å²) < 4.78 is 0. The number of carboxylic acid groups (broad SMARTS) is 1. The Morgan fingerprint density at radius 1 is 1.24 bits per heavy atom. The summed E-state index contributed by atoms with van der Waals surface area (Å²) >= 11 is 4.51. The van der Waals surface area contributed by atoms with Crippen LogP contribution in [0.4, 0.5) is 0 Å². The lowest BCUT2D eigenvalue weighted by Gasteiger charge is -2.07.